The third-order valence-corrected chi connectivity index (χ3v) is 4.43. The number of carbonyl (C=O) groups is 2. The Bertz CT molecular complexity index is 848. The van der Waals surface area contributed by atoms with Gasteiger partial charge in [0.25, 0.3) is 0 Å². The number of nitrogens with one attached hydrogen (secondary N) is 2. The first kappa shape index (κ1) is 21.1. The van der Waals surface area contributed by atoms with E-state index in [9.17, 15) is 9.59 Å². The lowest BCUT2D eigenvalue weighted by atomic mass is 10.1. The summed E-state index contributed by atoms with van der Waals surface area (Å²) in [5.41, 5.74) is 3.00. The predicted molar refractivity (Wildman–Crippen MR) is 112 cm³/mol. The Morgan fingerprint density at radius 2 is 1.54 bits per heavy atom. The van der Waals surface area contributed by atoms with Gasteiger partial charge in [0.15, 0.2) is 11.5 Å². The predicted octanol–water partition coefficient (Wildman–Crippen LogP) is 3.44. The van der Waals surface area contributed by atoms with Gasteiger partial charge in [-0.3, -0.25) is 9.59 Å². The molecule has 0 atom stereocenters. The van der Waals surface area contributed by atoms with Crippen molar-refractivity contribution in [2.45, 2.75) is 20.8 Å². The number of anilines is 3. The number of methoxy groups -OCH3 is 2. The maximum absolute atomic E-state index is 12.3. The van der Waals surface area contributed by atoms with E-state index >= 15 is 0 Å². The summed E-state index contributed by atoms with van der Waals surface area (Å²) in [6.45, 7) is 7.87. The molecule has 2 amide bonds. The van der Waals surface area contributed by atoms with Gasteiger partial charge in [0.2, 0.25) is 0 Å². The fourth-order valence-corrected chi connectivity index (χ4v) is 2.85. The van der Waals surface area contributed by atoms with Crippen molar-refractivity contribution in [3.63, 3.8) is 0 Å². The zero-order valence-electron chi connectivity index (χ0n) is 17.0. The van der Waals surface area contributed by atoms with Crippen molar-refractivity contribution in [3.8, 4) is 11.5 Å². The minimum absolute atomic E-state index is 0.436. The lowest BCUT2D eigenvalue weighted by Gasteiger charge is -2.22. The molecule has 0 heterocycles. The first-order chi connectivity index (χ1) is 13.4. The molecule has 0 fully saturated rings. The molecule has 0 spiro atoms. The van der Waals surface area contributed by atoms with E-state index in [4.69, 9.17) is 9.47 Å². The highest BCUT2D eigenvalue weighted by molar-refractivity contribution is 6.43. The Morgan fingerprint density at radius 1 is 0.893 bits per heavy atom. The van der Waals surface area contributed by atoms with E-state index in [0.717, 1.165) is 24.3 Å². The summed E-state index contributed by atoms with van der Waals surface area (Å²) in [5, 5.41) is 5.22. The molecule has 0 unspecified atom stereocenters. The monoisotopic (exact) mass is 385 g/mol. The molecule has 28 heavy (non-hydrogen) atoms. The maximum atomic E-state index is 12.3. The summed E-state index contributed by atoms with van der Waals surface area (Å²) in [4.78, 5) is 26.7. The van der Waals surface area contributed by atoms with Crippen LogP contribution in [0, 0.1) is 6.92 Å². The maximum Gasteiger partial charge on any atom is 0.314 e. The molecule has 7 nitrogen and oxygen atoms in total. The van der Waals surface area contributed by atoms with Gasteiger partial charge >= 0.3 is 11.8 Å². The van der Waals surface area contributed by atoms with Gasteiger partial charge in [0.05, 0.1) is 14.2 Å². The van der Waals surface area contributed by atoms with E-state index in [1.807, 2.05) is 25.1 Å². The highest BCUT2D eigenvalue weighted by Crippen LogP contribution is 2.29. The number of nitrogens with zero attached hydrogens (tertiary/aromatic N) is 1. The number of amides is 2. The molecule has 0 aliphatic heterocycles. The summed E-state index contributed by atoms with van der Waals surface area (Å²) in [6, 6.07) is 10.6. The van der Waals surface area contributed by atoms with Gasteiger partial charge in [-0.25, -0.2) is 0 Å². The van der Waals surface area contributed by atoms with Crippen LogP contribution in [-0.4, -0.2) is 39.1 Å². The number of hydrogen-bond donors (Lipinski definition) is 2. The lowest BCUT2D eigenvalue weighted by molar-refractivity contribution is -0.133. The Kier molecular flexibility index (Phi) is 7.26. The Hall–Kier alpha value is -3.22. The van der Waals surface area contributed by atoms with Crippen LogP contribution in [0.15, 0.2) is 36.4 Å². The zero-order chi connectivity index (χ0) is 20.7. The highest BCUT2D eigenvalue weighted by Gasteiger charge is 2.16. The molecular weight excluding hydrogens is 358 g/mol. The van der Waals surface area contributed by atoms with Gasteiger partial charge in [-0.2, -0.15) is 0 Å². The number of aryl methyl sites for hydroxylation is 1. The molecule has 0 saturated heterocycles. The average molecular weight is 385 g/mol. The third kappa shape index (κ3) is 4.94. The van der Waals surface area contributed by atoms with Gasteiger partial charge < -0.3 is 25.0 Å². The fraction of sp³-hybridized carbons (Fsp3) is 0.333. The molecule has 7 heteroatoms. The van der Waals surface area contributed by atoms with Crippen molar-refractivity contribution in [1.82, 2.24) is 0 Å². The Morgan fingerprint density at radius 3 is 2.11 bits per heavy atom. The average Bonchev–Trinajstić information content (AvgIpc) is 2.70. The summed E-state index contributed by atoms with van der Waals surface area (Å²) in [7, 11) is 3.03. The van der Waals surface area contributed by atoms with Crippen molar-refractivity contribution in [2.75, 3.05) is 42.8 Å². The molecule has 0 radical (unpaired) electrons. The molecule has 0 bridgehead atoms. The van der Waals surface area contributed by atoms with Crippen molar-refractivity contribution in [2.24, 2.45) is 0 Å². The first-order valence-electron chi connectivity index (χ1n) is 9.13. The number of benzene rings is 2. The van der Waals surface area contributed by atoms with E-state index in [-0.39, 0.29) is 0 Å². The van der Waals surface area contributed by atoms with Crippen LogP contribution in [-0.2, 0) is 9.59 Å². The highest BCUT2D eigenvalue weighted by atomic mass is 16.5. The van der Waals surface area contributed by atoms with E-state index in [1.54, 1.807) is 18.2 Å². The number of hydrogen-bond acceptors (Lipinski definition) is 5. The van der Waals surface area contributed by atoms with Gasteiger partial charge in [-0.15, -0.1) is 0 Å². The standard InChI is InChI=1S/C21H27N3O4/c1-6-24(7-2)16-9-10-17(14(3)12-16)23-21(26)20(25)22-15-8-11-18(27-4)19(13-15)28-5/h8-13H,6-7H2,1-5H3,(H,22,25)(H,23,26). The molecule has 0 aromatic heterocycles. The summed E-state index contributed by atoms with van der Waals surface area (Å²) >= 11 is 0. The number of ether oxygens (including phenoxy) is 2. The summed E-state index contributed by atoms with van der Waals surface area (Å²) < 4.78 is 10.4. The second-order valence-electron chi connectivity index (χ2n) is 6.15. The molecular formula is C21H27N3O4. The third-order valence-electron chi connectivity index (χ3n) is 4.43. The number of carbonyl (C=O) groups excluding carboxylic acids is 2. The molecule has 2 rings (SSSR count). The first-order valence-corrected chi connectivity index (χ1v) is 9.13. The van der Waals surface area contributed by atoms with Crippen molar-refractivity contribution in [1.29, 1.82) is 0 Å². The summed E-state index contributed by atoms with van der Waals surface area (Å²) in [6.07, 6.45) is 0. The van der Waals surface area contributed by atoms with E-state index in [2.05, 4.69) is 29.4 Å². The Labute approximate surface area is 165 Å². The van der Waals surface area contributed by atoms with Gasteiger partial charge in [0, 0.05) is 36.2 Å². The molecule has 2 aromatic carbocycles. The van der Waals surface area contributed by atoms with E-state index in [0.29, 0.717) is 22.9 Å². The molecule has 0 saturated carbocycles. The normalized spacial score (nSPS) is 10.2. The minimum atomic E-state index is -0.764. The van der Waals surface area contributed by atoms with Crippen molar-refractivity contribution >= 4 is 28.9 Å². The van der Waals surface area contributed by atoms with Crippen LogP contribution < -0.4 is 25.0 Å². The minimum Gasteiger partial charge on any atom is -0.493 e. The van der Waals surface area contributed by atoms with E-state index < -0.39 is 11.8 Å². The zero-order valence-corrected chi connectivity index (χ0v) is 17.0. The quantitative estimate of drug-likeness (QED) is 0.714. The van der Waals surface area contributed by atoms with Crippen molar-refractivity contribution < 1.29 is 19.1 Å². The van der Waals surface area contributed by atoms with Crippen molar-refractivity contribution in [3.05, 3.63) is 42.0 Å². The molecule has 2 N–H and O–H groups in total. The molecule has 0 aliphatic carbocycles. The molecule has 2 aromatic rings. The number of rotatable bonds is 7. The van der Waals surface area contributed by atoms with Gasteiger partial charge in [-0.05, 0) is 56.7 Å². The Balaban J connectivity index is 2.07. The fourth-order valence-electron chi connectivity index (χ4n) is 2.85. The lowest BCUT2D eigenvalue weighted by Crippen LogP contribution is -2.29. The largest absolute Gasteiger partial charge is 0.493 e. The van der Waals surface area contributed by atoms with Crippen LogP contribution in [0.3, 0.4) is 0 Å². The van der Waals surface area contributed by atoms with Crippen LogP contribution in [0.1, 0.15) is 19.4 Å². The second-order valence-corrected chi connectivity index (χ2v) is 6.15. The topological polar surface area (TPSA) is 79.9 Å². The van der Waals surface area contributed by atoms with Crippen LogP contribution in [0.2, 0.25) is 0 Å². The van der Waals surface area contributed by atoms with Crippen LogP contribution >= 0.6 is 0 Å². The van der Waals surface area contributed by atoms with Gasteiger partial charge in [-0.1, -0.05) is 0 Å². The van der Waals surface area contributed by atoms with Crippen LogP contribution in [0.25, 0.3) is 0 Å². The van der Waals surface area contributed by atoms with E-state index in [1.165, 1.54) is 14.2 Å². The second kappa shape index (κ2) is 9.64. The van der Waals surface area contributed by atoms with Gasteiger partial charge in [0.1, 0.15) is 0 Å². The summed E-state index contributed by atoms with van der Waals surface area (Å²) in [5.74, 6) is -0.509. The van der Waals surface area contributed by atoms with Crippen LogP contribution in [0.4, 0.5) is 17.1 Å². The SMILES string of the molecule is CCN(CC)c1ccc(NC(=O)C(=O)Nc2ccc(OC)c(OC)c2)c(C)c1. The molecule has 150 valence electrons. The molecule has 0 aliphatic rings. The van der Waals surface area contributed by atoms with Crippen LogP contribution in [0.5, 0.6) is 11.5 Å². The smallest absolute Gasteiger partial charge is 0.314 e.